The minimum Gasteiger partial charge on any atom is -0.492 e. The number of fused-ring (bicyclic) bond motifs is 1. The maximum absolute atomic E-state index is 11.9. The third-order valence-electron chi connectivity index (χ3n) is 3.03. The topological polar surface area (TPSA) is 63.6 Å². The lowest BCUT2D eigenvalue weighted by Gasteiger charge is -2.18. The summed E-state index contributed by atoms with van der Waals surface area (Å²) in [6.07, 6.45) is 3.82. The second kappa shape index (κ2) is 5.52. The molecule has 1 aromatic carbocycles. The summed E-state index contributed by atoms with van der Waals surface area (Å²) >= 11 is 0. The van der Waals surface area contributed by atoms with Crippen LogP contribution in [-0.4, -0.2) is 23.2 Å². The molecule has 1 aliphatic rings. The highest BCUT2D eigenvalue weighted by Crippen LogP contribution is 2.24. The molecule has 0 radical (unpaired) electrons. The van der Waals surface area contributed by atoms with Crippen LogP contribution >= 0.6 is 0 Å². The van der Waals surface area contributed by atoms with Gasteiger partial charge in [0.15, 0.2) is 0 Å². The summed E-state index contributed by atoms with van der Waals surface area (Å²) in [5.74, 6) is 0.555. The second-order valence-corrected chi connectivity index (χ2v) is 4.33. The van der Waals surface area contributed by atoms with Crippen LogP contribution < -0.4 is 10.2 Å². The maximum atomic E-state index is 11.9. The van der Waals surface area contributed by atoms with Crippen molar-refractivity contribution in [3.63, 3.8) is 0 Å². The molecule has 0 bridgehead atoms. The van der Waals surface area contributed by atoms with Gasteiger partial charge in [-0.15, -0.1) is 0 Å². The summed E-state index contributed by atoms with van der Waals surface area (Å²) < 4.78 is 5.54. The molecule has 2 heterocycles. The third-order valence-corrected chi connectivity index (χ3v) is 3.03. The Bertz CT molecular complexity index is 653. The van der Waals surface area contributed by atoms with E-state index in [2.05, 4.69) is 15.5 Å². The summed E-state index contributed by atoms with van der Waals surface area (Å²) in [4.78, 5) is 15.8. The first kappa shape index (κ1) is 12.3. The van der Waals surface area contributed by atoms with Crippen LogP contribution in [0.2, 0.25) is 0 Å². The van der Waals surface area contributed by atoms with Crippen LogP contribution in [0.15, 0.2) is 53.9 Å². The van der Waals surface area contributed by atoms with Crippen LogP contribution in [0.3, 0.4) is 0 Å². The van der Waals surface area contributed by atoms with Gasteiger partial charge in [0.1, 0.15) is 5.75 Å². The van der Waals surface area contributed by atoms with E-state index in [1.54, 1.807) is 24.5 Å². The molecule has 0 fully saturated rings. The minimum absolute atomic E-state index is 0.246. The Morgan fingerprint density at radius 1 is 1.20 bits per heavy atom. The Balaban J connectivity index is 1.79. The molecule has 100 valence electrons. The molecule has 1 aliphatic heterocycles. The maximum Gasteiger partial charge on any atom is 0.271 e. The van der Waals surface area contributed by atoms with Crippen LogP contribution in [0, 0.1) is 0 Å². The lowest BCUT2D eigenvalue weighted by Crippen LogP contribution is -2.23. The fourth-order valence-electron chi connectivity index (χ4n) is 2.03. The molecule has 1 aromatic heterocycles. The van der Waals surface area contributed by atoms with E-state index in [9.17, 15) is 4.79 Å². The molecule has 3 rings (SSSR count). The molecule has 0 unspecified atom stereocenters. The van der Waals surface area contributed by atoms with E-state index < -0.39 is 0 Å². The van der Waals surface area contributed by atoms with Crippen LogP contribution in [0.25, 0.3) is 0 Å². The van der Waals surface area contributed by atoms with Crippen LogP contribution in [-0.2, 0) is 0 Å². The van der Waals surface area contributed by atoms with Crippen molar-refractivity contribution in [3.8, 4) is 5.75 Å². The Morgan fingerprint density at radius 2 is 2.00 bits per heavy atom. The largest absolute Gasteiger partial charge is 0.492 e. The molecule has 20 heavy (non-hydrogen) atoms. The Morgan fingerprint density at radius 3 is 2.85 bits per heavy atom. The van der Waals surface area contributed by atoms with Gasteiger partial charge in [0.05, 0.1) is 12.3 Å². The number of carbonyl (C=O) groups is 1. The van der Waals surface area contributed by atoms with Gasteiger partial charge in [-0.3, -0.25) is 9.78 Å². The lowest BCUT2D eigenvalue weighted by atomic mass is 10.0. The zero-order valence-electron chi connectivity index (χ0n) is 10.7. The van der Waals surface area contributed by atoms with Gasteiger partial charge in [-0.05, 0) is 24.3 Å². The average molecular weight is 267 g/mol. The number of hydrogen-bond acceptors (Lipinski definition) is 4. The monoisotopic (exact) mass is 267 g/mol. The van der Waals surface area contributed by atoms with Crippen molar-refractivity contribution in [1.29, 1.82) is 0 Å². The number of carbonyl (C=O) groups excluding carboxylic acids is 1. The van der Waals surface area contributed by atoms with Gasteiger partial charge in [-0.25, -0.2) is 5.43 Å². The first-order valence-corrected chi connectivity index (χ1v) is 6.34. The minimum atomic E-state index is -0.246. The van der Waals surface area contributed by atoms with Gasteiger partial charge < -0.3 is 4.74 Å². The summed E-state index contributed by atoms with van der Waals surface area (Å²) in [6.45, 7) is 0.570. The summed E-state index contributed by atoms with van der Waals surface area (Å²) in [5.41, 5.74) is 4.86. The van der Waals surface area contributed by atoms with E-state index in [0.29, 0.717) is 18.6 Å². The Hall–Kier alpha value is -2.69. The van der Waals surface area contributed by atoms with Gasteiger partial charge in [-0.2, -0.15) is 5.10 Å². The predicted molar refractivity (Wildman–Crippen MR) is 74.8 cm³/mol. The zero-order chi connectivity index (χ0) is 13.8. The van der Waals surface area contributed by atoms with Crippen molar-refractivity contribution in [1.82, 2.24) is 10.4 Å². The highest BCUT2D eigenvalue weighted by Gasteiger charge is 2.16. The number of amides is 1. The quantitative estimate of drug-likeness (QED) is 0.846. The number of para-hydroxylation sites is 1. The fourth-order valence-corrected chi connectivity index (χ4v) is 2.03. The van der Waals surface area contributed by atoms with Crippen molar-refractivity contribution < 1.29 is 9.53 Å². The molecular formula is C15H13N3O2. The van der Waals surface area contributed by atoms with E-state index in [0.717, 1.165) is 17.0 Å². The van der Waals surface area contributed by atoms with Gasteiger partial charge in [0, 0.05) is 29.9 Å². The highest BCUT2D eigenvalue weighted by molar-refractivity contribution is 6.04. The summed E-state index contributed by atoms with van der Waals surface area (Å²) in [5, 5.41) is 4.22. The van der Waals surface area contributed by atoms with Crippen molar-refractivity contribution >= 4 is 11.6 Å². The molecule has 0 saturated carbocycles. The smallest absolute Gasteiger partial charge is 0.271 e. The van der Waals surface area contributed by atoms with E-state index >= 15 is 0 Å². The zero-order valence-corrected chi connectivity index (χ0v) is 10.7. The van der Waals surface area contributed by atoms with E-state index in [1.165, 1.54) is 0 Å². The fraction of sp³-hybridized carbons (Fsp3) is 0.133. The number of benzene rings is 1. The number of aromatic nitrogens is 1. The number of nitrogens with zero attached hydrogens (tertiary/aromatic N) is 2. The van der Waals surface area contributed by atoms with E-state index in [1.807, 2.05) is 24.3 Å². The molecule has 1 N–H and O–H groups in total. The third kappa shape index (κ3) is 2.51. The first-order valence-electron chi connectivity index (χ1n) is 6.34. The van der Waals surface area contributed by atoms with Crippen LogP contribution in [0.1, 0.15) is 22.3 Å². The summed E-state index contributed by atoms with van der Waals surface area (Å²) in [7, 11) is 0. The van der Waals surface area contributed by atoms with Gasteiger partial charge in [0.2, 0.25) is 0 Å². The highest BCUT2D eigenvalue weighted by atomic mass is 16.5. The van der Waals surface area contributed by atoms with E-state index in [4.69, 9.17) is 4.74 Å². The number of ether oxygens (including phenoxy) is 1. The van der Waals surface area contributed by atoms with Gasteiger partial charge >= 0.3 is 0 Å². The van der Waals surface area contributed by atoms with Gasteiger partial charge in [-0.1, -0.05) is 12.1 Å². The molecule has 1 amide bonds. The molecule has 5 heteroatoms. The number of hydrazone groups is 1. The van der Waals surface area contributed by atoms with Crippen molar-refractivity contribution in [2.24, 2.45) is 5.10 Å². The SMILES string of the molecule is O=C(NN=C1CCOc2ccccc21)c1ccncc1. The molecule has 2 aromatic rings. The molecule has 5 nitrogen and oxygen atoms in total. The van der Waals surface area contributed by atoms with Crippen LogP contribution in [0.4, 0.5) is 0 Å². The van der Waals surface area contributed by atoms with Crippen molar-refractivity contribution in [2.75, 3.05) is 6.61 Å². The molecule has 0 saturated heterocycles. The van der Waals surface area contributed by atoms with E-state index in [-0.39, 0.29) is 5.91 Å². The summed E-state index contributed by atoms with van der Waals surface area (Å²) in [6, 6.07) is 11.0. The standard InChI is InChI=1S/C15H13N3O2/c19-15(11-5-8-16-9-6-11)18-17-13-7-10-20-14-4-2-1-3-12(13)14/h1-6,8-9H,7,10H2,(H,18,19). The van der Waals surface area contributed by atoms with Crippen molar-refractivity contribution in [2.45, 2.75) is 6.42 Å². The van der Waals surface area contributed by atoms with Crippen molar-refractivity contribution in [3.05, 3.63) is 59.9 Å². The second-order valence-electron chi connectivity index (χ2n) is 4.33. The average Bonchev–Trinajstić information content (AvgIpc) is 2.53. The van der Waals surface area contributed by atoms with Gasteiger partial charge in [0.25, 0.3) is 5.91 Å². The molecule has 0 spiro atoms. The number of pyridine rings is 1. The Labute approximate surface area is 116 Å². The molecule has 0 atom stereocenters. The predicted octanol–water partition coefficient (Wildman–Crippen LogP) is 2.00. The molecule has 0 aliphatic carbocycles. The van der Waals surface area contributed by atoms with Crippen LogP contribution in [0.5, 0.6) is 5.75 Å². The normalized spacial score (nSPS) is 15.3. The Kier molecular flexibility index (Phi) is 3.41. The first-order chi connectivity index (χ1) is 9.84. The molecular weight excluding hydrogens is 254 g/mol. The number of rotatable bonds is 2. The number of nitrogens with one attached hydrogen (secondary N) is 1. The number of hydrogen-bond donors (Lipinski definition) is 1. The lowest BCUT2D eigenvalue weighted by molar-refractivity contribution is 0.0954.